The van der Waals surface area contributed by atoms with Crippen LogP contribution in [0.3, 0.4) is 0 Å². The Balaban J connectivity index is 1.75. The highest BCUT2D eigenvalue weighted by molar-refractivity contribution is 7.83. The first-order valence-corrected chi connectivity index (χ1v) is 8.62. The van der Waals surface area contributed by atoms with Crippen LogP contribution in [0, 0.1) is 13.8 Å². The van der Waals surface area contributed by atoms with E-state index in [1.54, 1.807) is 11.3 Å². The Labute approximate surface area is 124 Å². The molecular formula is C14H15N3OS2. The highest BCUT2D eigenvalue weighted by Gasteiger charge is 2.09. The number of hydrogen-bond acceptors (Lipinski definition) is 4. The average molecular weight is 305 g/mol. The third-order valence-electron chi connectivity index (χ3n) is 3.01. The van der Waals surface area contributed by atoms with Crippen LogP contribution in [-0.2, 0) is 22.3 Å². The predicted octanol–water partition coefficient (Wildman–Crippen LogP) is 2.86. The van der Waals surface area contributed by atoms with Gasteiger partial charge < -0.3 is 4.40 Å². The lowest BCUT2D eigenvalue weighted by molar-refractivity contribution is 0.682. The molecule has 20 heavy (non-hydrogen) atoms. The van der Waals surface area contributed by atoms with Crippen molar-refractivity contribution in [2.24, 2.45) is 0 Å². The van der Waals surface area contributed by atoms with Crippen molar-refractivity contribution in [3.63, 3.8) is 0 Å². The summed E-state index contributed by atoms with van der Waals surface area (Å²) in [7, 11) is -0.947. The summed E-state index contributed by atoms with van der Waals surface area (Å²) < 4.78 is 14.2. The van der Waals surface area contributed by atoms with Crippen LogP contribution in [0.5, 0.6) is 0 Å². The van der Waals surface area contributed by atoms with Crippen molar-refractivity contribution in [3.8, 4) is 0 Å². The van der Waals surface area contributed by atoms with E-state index >= 15 is 0 Å². The first-order chi connectivity index (χ1) is 9.61. The van der Waals surface area contributed by atoms with E-state index < -0.39 is 10.8 Å². The maximum absolute atomic E-state index is 12.2. The van der Waals surface area contributed by atoms with Crippen LogP contribution < -0.4 is 0 Å². The van der Waals surface area contributed by atoms with Crippen molar-refractivity contribution in [2.75, 3.05) is 0 Å². The van der Waals surface area contributed by atoms with Crippen molar-refractivity contribution in [3.05, 3.63) is 51.9 Å². The second kappa shape index (κ2) is 5.46. The van der Waals surface area contributed by atoms with E-state index in [9.17, 15) is 4.21 Å². The zero-order valence-electron chi connectivity index (χ0n) is 11.4. The van der Waals surface area contributed by atoms with E-state index in [1.165, 1.54) is 0 Å². The third kappa shape index (κ3) is 2.81. The Kier molecular flexibility index (Phi) is 3.67. The summed E-state index contributed by atoms with van der Waals surface area (Å²) in [6.45, 7) is 3.99. The maximum Gasteiger partial charge on any atom is 0.139 e. The molecule has 3 aromatic rings. The van der Waals surface area contributed by atoms with Crippen LogP contribution in [-0.4, -0.2) is 18.6 Å². The maximum atomic E-state index is 12.2. The molecule has 0 N–H and O–H groups in total. The van der Waals surface area contributed by atoms with Gasteiger partial charge in [0.1, 0.15) is 5.65 Å². The highest BCUT2D eigenvalue weighted by atomic mass is 32.2. The molecule has 3 heterocycles. The standard InChI is InChI=1S/C14H15N3OS2/c1-10-4-3-5-17-7-12(16-14(10)17)8-20(18)9-13-6-15-11(2)19-13/h3-7H,8-9H2,1-2H3/t20-/m1/s1. The lowest BCUT2D eigenvalue weighted by atomic mass is 10.3. The van der Waals surface area contributed by atoms with Crippen molar-refractivity contribution >= 4 is 27.8 Å². The van der Waals surface area contributed by atoms with E-state index in [2.05, 4.69) is 9.97 Å². The first-order valence-electron chi connectivity index (χ1n) is 6.31. The number of fused-ring (bicyclic) bond motifs is 1. The zero-order chi connectivity index (χ0) is 14.1. The average Bonchev–Trinajstić information content (AvgIpc) is 2.96. The van der Waals surface area contributed by atoms with Gasteiger partial charge in [0.05, 0.1) is 22.2 Å². The van der Waals surface area contributed by atoms with Gasteiger partial charge in [0.2, 0.25) is 0 Å². The summed E-state index contributed by atoms with van der Waals surface area (Å²) in [6, 6.07) is 4.02. The molecule has 3 aromatic heterocycles. The Morgan fingerprint density at radius 2 is 2.20 bits per heavy atom. The molecule has 0 aliphatic rings. The molecule has 4 nitrogen and oxygen atoms in total. The molecule has 0 unspecified atom stereocenters. The topological polar surface area (TPSA) is 47.3 Å². The molecule has 0 spiro atoms. The fraction of sp³-hybridized carbons (Fsp3) is 0.286. The van der Waals surface area contributed by atoms with Gasteiger partial charge in [-0.15, -0.1) is 11.3 Å². The van der Waals surface area contributed by atoms with Gasteiger partial charge in [-0.05, 0) is 25.5 Å². The Hall–Kier alpha value is -1.53. The van der Waals surface area contributed by atoms with Gasteiger partial charge in [0.15, 0.2) is 0 Å². The summed E-state index contributed by atoms with van der Waals surface area (Å²) in [6.07, 6.45) is 5.73. The molecule has 0 saturated carbocycles. The van der Waals surface area contributed by atoms with Crippen LogP contribution in [0.1, 0.15) is 21.1 Å². The lowest BCUT2D eigenvalue weighted by Crippen LogP contribution is -1.98. The largest absolute Gasteiger partial charge is 0.307 e. The molecule has 6 heteroatoms. The molecule has 1 atom stereocenters. The minimum absolute atomic E-state index is 0.484. The Morgan fingerprint density at radius 1 is 1.35 bits per heavy atom. The lowest BCUT2D eigenvalue weighted by Gasteiger charge is -1.96. The quantitative estimate of drug-likeness (QED) is 0.744. The number of aromatic nitrogens is 3. The molecule has 3 rings (SSSR count). The van der Waals surface area contributed by atoms with Crippen LogP contribution in [0.2, 0.25) is 0 Å². The SMILES string of the molecule is Cc1ncc(C[S@](=O)Cc2cn3cccc(C)c3n2)s1. The molecule has 0 radical (unpaired) electrons. The smallest absolute Gasteiger partial charge is 0.139 e. The number of pyridine rings is 1. The fourth-order valence-corrected chi connectivity index (χ4v) is 4.30. The second-order valence-corrected chi connectivity index (χ2v) is 7.50. The summed E-state index contributed by atoms with van der Waals surface area (Å²) in [5.41, 5.74) is 2.94. The Morgan fingerprint density at radius 3 is 2.90 bits per heavy atom. The number of thiazole rings is 1. The minimum atomic E-state index is -0.947. The van der Waals surface area contributed by atoms with Gasteiger partial charge in [-0.1, -0.05) is 6.07 Å². The van der Waals surface area contributed by atoms with E-state index in [0.717, 1.165) is 26.8 Å². The van der Waals surface area contributed by atoms with E-state index in [4.69, 9.17) is 0 Å². The van der Waals surface area contributed by atoms with Gasteiger partial charge in [-0.3, -0.25) is 4.21 Å². The molecule has 0 bridgehead atoms. The van der Waals surface area contributed by atoms with Crippen LogP contribution in [0.4, 0.5) is 0 Å². The minimum Gasteiger partial charge on any atom is -0.307 e. The predicted molar refractivity (Wildman–Crippen MR) is 82.3 cm³/mol. The molecule has 0 amide bonds. The monoisotopic (exact) mass is 305 g/mol. The van der Waals surface area contributed by atoms with Gasteiger partial charge in [-0.2, -0.15) is 0 Å². The van der Waals surface area contributed by atoms with Crippen LogP contribution in [0.25, 0.3) is 5.65 Å². The van der Waals surface area contributed by atoms with Crippen molar-refractivity contribution < 1.29 is 4.21 Å². The molecule has 0 aliphatic heterocycles. The van der Waals surface area contributed by atoms with Gasteiger partial charge in [0.25, 0.3) is 0 Å². The summed E-state index contributed by atoms with van der Waals surface area (Å²) in [5, 5.41) is 1.01. The fourth-order valence-electron chi connectivity index (χ4n) is 2.12. The number of nitrogens with zero attached hydrogens (tertiary/aromatic N) is 3. The summed E-state index contributed by atoms with van der Waals surface area (Å²) in [4.78, 5) is 9.81. The van der Waals surface area contributed by atoms with Crippen molar-refractivity contribution in [2.45, 2.75) is 25.4 Å². The number of aryl methyl sites for hydroxylation is 2. The van der Waals surface area contributed by atoms with Gasteiger partial charge in [-0.25, -0.2) is 9.97 Å². The second-order valence-electron chi connectivity index (χ2n) is 4.73. The van der Waals surface area contributed by atoms with Crippen LogP contribution >= 0.6 is 11.3 Å². The van der Waals surface area contributed by atoms with Crippen molar-refractivity contribution in [1.29, 1.82) is 0 Å². The molecule has 0 fully saturated rings. The summed E-state index contributed by atoms with van der Waals surface area (Å²) >= 11 is 1.60. The molecule has 0 saturated heterocycles. The zero-order valence-corrected chi connectivity index (χ0v) is 13.0. The normalized spacial score (nSPS) is 12.9. The highest BCUT2D eigenvalue weighted by Crippen LogP contribution is 2.16. The van der Waals surface area contributed by atoms with Crippen LogP contribution in [0.15, 0.2) is 30.7 Å². The summed E-state index contributed by atoms with van der Waals surface area (Å²) in [5.74, 6) is 1.04. The number of imidazole rings is 1. The van der Waals surface area contributed by atoms with Gasteiger partial charge in [0, 0.05) is 34.3 Å². The molecule has 104 valence electrons. The van der Waals surface area contributed by atoms with E-state index in [-0.39, 0.29) is 0 Å². The molecule has 0 aromatic carbocycles. The molecule has 0 aliphatic carbocycles. The van der Waals surface area contributed by atoms with E-state index in [0.29, 0.717) is 11.5 Å². The van der Waals surface area contributed by atoms with Crippen molar-refractivity contribution in [1.82, 2.24) is 14.4 Å². The Bertz CT molecular complexity index is 776. The third-order valence-corrected chi connectivity index (χ3v) is 5.36. The number of rotatable bonds is 4. The molecular weight excluding hydrogens is 290 g/mol. The first kappa shape index (κ1) is 13.5. The van der Waals surface area contributed by atoms with E-state index in [1.807, 2.05) is 49.0 Å². The van der Waals surface area contributed by atoms with Gasteiger partial charge >= 0.3 is 0 Å². The number of hydrogen-bond donors (Lipinski definition) is 0.